The summed E-state index contributed by atoms with van der Waals surface area (Å²) >= 11 is 3.82. The van der Waals surface area contributed by atoms with Gasteiger partial charge in [0.25, 0.3) is 5.91 Å². The Labute approximate surface area is 147 Å². The Bertz CT molecular complexity index is 659. The topological polar surface area (TPSA) is 55.1 Å². The van der Waals surface area contributed by atoms with Crippen molar-refractivity contribution in [2.45, 2.75) is 25.3 Å². The van der Waals surface area contributed by atoms with Gasteiger partial charge in [-0.05, 0) is 71.2 Å². The van der Waals surface area contributed by atoms with Crippen molar-refractivity contribution >= 4 is 57.9 Å². The highest BCUT2D eigenvalue weighted by Crippen LogP contribution is 2.31. The number of rotatable bonds is 2. The monoisotopic (exact) mass is 434 g/mol. The maximum Gasteiger partial charge on any atom is 0.252 e. The first kappa shape index (κ1) is 16.6. The quantitative estimate of drug-likeness (QED) is 0.551. The molecule has 3 N–H and O–H groups in total. The second-order valence-corrected chi connectivity index (χ2v) is 7.82. The fourth-order valence-electron chi connectivity index (χ4n) is 2.65. The van der Waals surface area contributed by atoms with Gasteiger partial charge >= 0.3 is 0 Å². The van der Waals surface area contributed by atoms with Gasteiger partial charge in [0, 0.05) is 11.1 Å². The highest BCUT2D eigenvalue weighted by Gasteiger charge is 2.22. The van der Waals surface area contributed by atoms with E-state index in [0.717, 1.165) is 33.4 Å². The molecule has 2 aromatic rings. The van der Waals surface area contributed by atoms with Crippen LogP contribution in [0.25, 0.3) is 0 Å². The molecular formula is C15H16ClIN2OS. The van der Waals surface area contributed by atoms with Gasteiger partial charge in [-0.25, -0.2) is 0 Å². The van der Waals surface area contributed by atoms with Crippen molar-refractivity contribution in [3.63, 3.8) is 0 Å². The van der Waals surface area contributed by atoms with Crippen molar-refractivity contribution in [3.8, 4) is 0 Å². The molecule has 0 fully saturated rings. The Morgan fingerprint density at radius 1 is 1.38 bits per heavy atom. The van der Waals surface area contributed by atoms with Gasteiger partial charge < -0.3 is 11.1 Å². The molecule has 21 heavy (non-hydrogen) atoms. The zero-order chi connectivity index (χ0) is 14.1. The maximum atomic E-state index is 12.3. The summed E-state index contributed by atoms with van der Waals surface area (Å²) in [6.07, 6.45) is 3.12. The number of fused-ring (bicyclic) bond motifs is 1. The molecule has 3 rings (SSSR count). The number of benzene rings is 1. The lowest BCUT2D eigenvalue weighted by atomic mass is 9.87. The Hall–Kier alpha value is -0.790. The molecule has 1 amide bonds. The molecule has 1 aliphatic carbocycles. The lowest BCUT2D eigenvalue weighted by molar-refractivity contribution is 0.0933. The molecule has 6 heteroatoms. The minimum atomic E-state index is 0. The van der Waals surface area contributed by atoms with Gasteiger partial charge in [0.05, 0.1) is 14.5 Å². The van der Waals surface area contributed by atoms with E-state index in [1.165, 1.54) is 11.1 Å². The summed E-state index contributed by atoms with van der Waals surface area (Å²) in [5.74, 6) is 0.0128. The predicted octanol–water partition coefficient (Wildman–Crippen LogP) is 4.16. The normalized spacial score (nSPS) is 16.7. The minimum absolute atomic E-state index is 0. The van der Waals surface area contributed by atoms with Gasteiger partial charge in [-0.1, -0.05) is 6.07 Å². The van der Waals surface area contributed by atoms with Crippen LogP contribution in [0.3, 0.4) is 0 Å². The first-order valence-electron chi connectivity index (χ1n) is 6.56. The largest absolute Gasteiger partial charge is 0.399 e. The number of nitrogens with one attached hydrogen (secondary N) is 1. The second kappa shape index (κ2) is 6.98. The number of carbonyl (C=O) groups excluding carboxylic acids is 1. The predicted molar refractivity (Wildman–Crippen MR) is 98.3 cm³/mol. The van der Waals surface area contributed by atoms with Crippen LogP contribution in [-0.4, -0.2) is 5.91 Å². The Morgan fingerprint density at radius 2 is 2.19 bits per heavy atom. The van der Waals surface area contributed by atoms with Crippen molar-refractivity contribution in [1.29, 1.82) is 0 Å². The van der Waals surface area contributed by atoms with Crippen LogP contribution in [0, 0.1) is 2.88 Å². The van der Waals surface area contributed by atoms with Crippen LogP contribution >= 0.6 is 46.3 Å². The number of thiophene rings is 1. The van der Waals surface area contributed by atoms with Crippen LogP contribution in [-0.2, 0) is 6.42 Å². The smallest absolute Gasteiger partial charge is 0.252 e. The molecule has 3 nitrogen and oxygen atoms in total. The van der Waals surface area contributed by atoms with Gasteiger partial charge in [-0.3, -0.25) is 4.79 Å². The van der Waals surface area contributed by atoms with Gasteiger partial charge in [-0.15, -0.1) is 23.7 Å². The number of nitrogen functional groups attached to an aromatic ring is 1. The van der Waals surface area contributed by atoms with Gasteiger partial charge in [0.1, 0.15) is 0 Å². The van der Waals surface area contributed by atoms with Crippen molar-refractivity contribution in [2.75, 3.05) is 5.73 Å². The fraction of sp³-hybridized carbons (Fsp3) is 0.267. The van der Waals surface area contributed by atoms with E-state index >= 15 is 0 Å². The number of nitrogens with two attached hydrogens (primary N) is 1. The van der Waals surface area contributed by atoms with Crippen molar-refractivity contribution < 1.29 is 4.79 Å². The SMILES string of the molecule is Cl.Nc1ccc2c(c1)CCCC2NC(=O)c1csc(I)c1. The van der Waals surface area contributed by atoms with E-state index in [1.54, 1.807) is 11.3 Å². The van der Waals surface area contributed by atoms with E-state index in [1.807, 2.05) is 29.6 Å². The molecule has 0 bridgehead atoms. The summed E-state index contributed by atoms with van der Waals surface area (Å²) in [7, 11) is 0. The average Bonchev–Trinajstić information content (AvgIpc) is 2.85. The summed E-state index contributed by atoms with van der Waals surface area (Å²) in [4.78, 5) is 12.3. The van der Waals surface area contributed by atoms with E-state index < -0.39 is 0 Å². The third-order valence-electron chi connectivity index (χ3n) is 3.62. The number of amides is 1. The van der Waals surface area contributed by atoms with Crippen LogP contribution < -0.4 is 11.1 Å². The molecule has 1 aromatic heterocycles. The molecule has 1 heterocycles. The third-order valence-corrected chi connectivity index (χ3v) is 5.41. The standard InChI is InChI=1S/C15H15IN2OS.ClH/c16-14-7-10(8-20-14)15(19)18-13-3-1-2-9-6-11(17)4-5-12(9)13;/h4-8,13H,1-3,17H2,(H,18,19);1H. The summed E-state index contributed by atoms with van der Waals surface area (Å²) < 4.78 is 1.13. The van der Waals surface area contributed by atoms with E-state index in [0.29, 0.717) is 0 Å². The molecular weight excluding hydrogens is 419 g/mol. The minimum Gasteiger partial charge on any atom is -0.399 e. The highest BCUT2D eigenvalue weighted by atomic mass is 127. The van der Waals surface area contributed by atoms with Crippen LogP contribution in [0.1, 0.15) is 40.4 Å². The van der Waals surface area contributed by atoms with Crippen LogP contribution in [0.4, 0.5) is 5.69 Å². The number of hydrogen-bond donors (Lipinski definition) is 2. The maximum absolute atomic E-state index is 12.3. The third kappa shape index (κ3) is 3.70. The molecule has 112 valence electrons. The number of halogens is 2. The molecule has 1 aromatic carbocycles. The van der Waals surface area contributed by atoms with Crippen LogP contribution in [0.2, 0.25) is 0 Å². The van der Waals surface area contributed by atoms with Gasteiger partial charge in [0.15, 0.2) is 0 Å². The second-order valence-electron chi connectivity index (χ2n) is 5.02. The first-order chi connectivity index (χ1) is 9.63. The number of anilines is 1. The molecule has 0 spiro atoms. The first-order valence-corrected chi connectivity index (χ1v) is 8.52. The van der Waals surface area contributed by atoms with Gasteiger partial charge in [-0.2, -0.15) is 0 Å². The Kier molecular flexibility index (Phi) is 5.51. The summed E-state index contributed by atoms with van der Waals surface area (Å²) in [6.45, 7) is 0. The summed E-state index contributed by atoms with van der Waals surface area (Å²) in [5, 5.41) is 5.05. The van der Waals surface area contributed by atoms with Crippen LogP contribution in [0.5, 0.6) is 0 Å². The fourth-order valence-corrected chi connectivity index (χ4v) is 3.98. The van der Waals surface area contributed by atoms with Crippen LogP contribution in [0.15, 0.2) is 29.6 Å². The molecule has 0 radical (unpaired) electrons. The molecule has 1 aliphatic rings. The highest BCUT2D eigenvalue weighted by molar-refractivity contribution is 14.1. The Balaban J connectivity index is 0.00000161. The van der Waals surface area contributed by atoms with E-state index in [4.69, 9.17) is 5.73 Å². The molecule has 0 saturated carbocycles. The van der Waals surface area contributed by atoms with Crippen molar-refractivity contribution in [1.82, 2.24) is 5.32 Å². The molecule has 0 aliphatic heterocycles. The van der Waals surface area contributed by atoms with Crippen molar-refractivity contribution in [2.24, 2.45) is 0 Å². The summed E-state index contributed by atoms with van der Waals surface area (Å²) in [5.41, 5.74) is 9.86. The zero-order valence-electron chi connectivity index (χ0n) is 11.3. The number of hydrogen-bond acceptors (Lipinski definition) is 3. The van der Waals surface area contributed by atoms with E-state index in [-0.39, 0.29) is 24.4 Å². The van der Waals surface area contributed by atoms with E-state index in [2.05, 4.69) is 27.9 Å². The molecule has 0 saturated heterocycles. The zero-order valence-corrected chi connectivity index (χ0v) is 15.1. The lowest BCUT2D eigenvalue weighted by Gasteiger charge is -2.26. The van der Waals surface area contributed by atoms with Gasteiger partial charge in [0.2, 0.25) is 0 Å². The number of carbonyl (C=O) groups is 1. The van der Waals surface area contributed by atoms with E-state index in [9.17, 15) is 4.79 Å². The molecule has 1 atom stereocenters. The average molecular weight is 435 g/mol. The van der Waals surface area contributed by atoms with Crippen molar-refractivity contribution in [3.05, 3.63) is 49.2 Å². The lowest BCUT2D eigenvalue weighted by Crippen LogP contribution is -2.30. The molecule has 1 unspecified atom stereocenters. The number of aryl methyl sites for hydroxylation is 1. The summed E-state index contributed by atoms with van der Waals surface area (Å²) in [6, 6.07) is 8.02. The Morgan fingerprint density at radius 3 is 2.90 bits per heavy atom.